The summed E-state index contributed by atoms with van der Waals surface area (Å²) in [4.78, 5) is 39.2. The summed E-state index contributed by atoms with van der Waals surface area (Å²) >= 11 is 8.78. The van der Waals surface area contributed by atoms with Crippen LogP contribution in [0.5, 0.6) is 17.2 Å². The summed E-state index contributed by atoms with van der Waals surface area (Å²) in [5, 5.41) is -0.413. The van der Waals surface area contributed by atoms with Gasteiger partial charge in [0.1, 0.15) is 11.6 Å². The molecule has 0 aliphatic carbocycles. The van der Waals surface area contributed by atoms with Gasteiger partial charge >= 0.3 is 5.97 Å². The van der Waals surface area contributed by atoms with Gasteiger partial charge in [-0.3, -0.25) is 14.5 Å². The van der Waals surface area contributed by atoms with Crippen LogP contribution in [-0.2, 0) is 11.3 Å². The Kier molecular flexibility index (Phi) is 8.40. The minimum Gasteiger partial charge on any atom is -0.497 e. The number of carbonyl (C=O) groups is 3. The summed E-state index contributed by atoms with van der Waals surface area (Å²) in [6.07, 6.45) is 1.52. The Morgan fingerprint density at radius 2 is 1.84 bits per heavy atom. The Labute approximate surface area is 234 Å². The summed E-state index contributed by atoms with van der Waals surface area (Å²) in [7, 11) is 2.95. The van der Waals surface area contributed by atoms with Crippen LogP contribution in [0, 0.1) is 9.39 Å². The number of ether oxygens (including phenoxy) is 3. The fraction of sp³-hybridized carbons (Fsp3) is 0.115. The van der Waals surface area contributed by atoms with Crippen LogP contribution >= 0.6 is 46.0 Å². The van der Waals surface area contributed by atoms with Gasteiger partial charge in [-0.2, -0.15) is 0 Å². The first-order chi connectivity index (χ1) is 17.7. The van der Waals surface area contributed by atoms with E-state index in [9.17, 15) is 18.8 Å². The molecule has 190 valence electrons. The van der Waals surface area contributed by atoms with Gasteiger partial charge in [-0.05, 0) is 94.5 Å². The number of hydrogen-bond donors (Lipinski definition) is 0. The molecule has 1 saturated heterocycles. The Balaban J connectivity index is 1.56. The van der Waals surface area contributed by atoms with Gasteiger partial charge in [-0.1, -0.05) is 17.7 Å². The summed E-state index contributed by atoms with van der Waals surface area (Å²) in [5.74, 6) is -0.678. The van der Waals surface area contributed by atoms with Crippen molar-refractivity contribution in [1.82, 2.24) is 4.90 Å². The van der Waals surface area contributed by atoms with Gasteiger partial charge in [0.05, 0.1) is 34.8 Å². The molecule has 11 heteroatoms. The third-order valence-corrected chi connectivity index (χ3v) is 7.38. The van der Waals surface area contributed by atoms with Crippen LogP contribution in [0.3, 0.4) is 0 Å². The van der Waals surface area contributed by atoms with E-state index in [0.29, 0.717) is 20.4 Å². The van der Waals surface area contributed by atoms with Crippen molar-refractivity contribution in [3.8, 4) is 17.2 Å². The van der Waals surface area contributed by atoms with Crippen LogP contribution in [0.1, 0.15) is 21.5 Å². The monoisotopic (exact) mass is 653 g/mol. The number of methoxy groups -OCH3 is 2. The van der Waals surface area contributed by atoms with E-state index in [0.717, 1.165) is 16.7 Å². The average molecular weight is 654 g/mol. The molecule has 0 atom stereocenters. The lowest BCUT2D eigenvalue weighted by atomic mass is 10.1. The molecule has 7 nitrogen and oxygen atoms in total. The van der Waals surface area contributed by atoms with Crippen LogP contribution in [0.4, 0.5) is 9.18 Å². The van der Waals surface area contributed by atoms with Crippen molar-refractivity contribution in [1.29, 1.82) is 0 Å². The summed E-state index contributed by atoms with van der Waals surface area (Å²) in [6, 6.07) is 13.9. The SMILES string of the molecule is COc1ccc(C(=O)Oc2c(I)cc(/C=C3\SC(=O)N(Cc4c(F)cccc4Cl)C3=O)cc2OC)cc1. The third kappa shape index (κ3) is 5.91. The molecule has 0 bridgehead atoms. The van der Waals surface area contributed by atoms with E-state index < -0.39 is 22.9 Å². The maximum Gasteiger partial charge on any atom is 0.343 e. The van der Waals surface area contributed by atoms with Crippen LogP contribution < -0.4 is 14.2 Å². The third-order valence-electron chi connectivity index (χ3n) is 5.32. The molecule has 37 heavy (non-hydrogen) atoms. The quantitative estimate of drug-likeness (QED) is 0.124. The molecule has 3 aromatic carbocycles. The second-order valence-corrected chi connectivity index (χ2v) is 10.2. The number of carbonyl (C=O) groups excluding carboxylic acids is 3. The molecule has 0 N–H and O–H groups in total. The Morgan fingerprint density at radius 1 is 1.11 bits per heavy atom. The number of thioether (sulfide) groups is 1. The Morgan fingerprint density at radius 3 is 2.49 bits per heavy atom. The Hall–Kier alpha value is -3.09. The average Bonchev–Trinajstić information content (AvgIpc) is 3.14. The van der Waals surface area contributed by atoms with E-state index in [1.54, 1.807) is 36.4 Å². The number of halogens is 3. The largest absolute Gasteiger partial charge is 0.497 e. The van der Waals surface area contributed by atoms with Gasteiger partial charge in [-0.15, -0.1) is 0 Å². The van der Waals surface area contributed by atoms with Crippen molar-refractivity contribution < 1.29 is 33.0 Å². The molecule has 0 aromatic heterocycles. The van der Waals surface area contributed by atoms with Gasteiger partial charge in [0, 0.05) is 10.6 Å². The van der Waals surface area contributed by atoms with E-state index in [1.165, 1.54) is 38.5 Å². The van der Waals surface area contributed by atoms with Gasteiger partial charge in [0.2, 0.25) is 0 Å². The summed E-state index contributed by atoms with van der Waals surface area (Å²) < 4.78 is 30.8. The molecule has 1 heterocycles. The molecular formula is C26H18ClFINO6S. The minimum atomic E-state index is -0.602. The van der Waals surface area contributed by atoms with E-state index >= 15 is 0 Å². The predicted molar refractivity (Wildman–Crippen MR) is 147 cm³/mol. The number of hydrogen-bond acceptors (Lipinski definition) is 7. The second-order valence-electron chi connectivity index (χ2n) is 7.62. The van der Waals surface area contributed by atoms with E-state index in [2.05, 4.69) is 0 Å². The van der Waals surface area contributed by atoms with Crippen molar-refractivity contribution in [2.45, 2.75) is 6.54 Å². The number of rotatable bonds is 7. The van der Waals surface area contributed by atoms with Crippen LogP contribution in [0.15, 0.2) is 59.5 Å². The number of amides is 2. The first-order valence-corrected chi connectivity index (χ1v) is 12.9. The number of benzene rings is 3. The van der Waals surface area contributed by atoms with Crippen LogP contribution in [-0.4, -0.2) is 36.2 Å². The molecule has 0 unspecified atom stereocenters. The molecule has 4 rings (SSSR count). The van der Waals surface area contributed by atoms with Crippen molar-refractivity contribution in [3.63, 3.8) is 0 Å². The molecule has 2 amide bonds. The molecule has 1 aliphatic rings. The van der Waals surface area contributed by atoms with Crippen molar-refractivity contribution in [2.75, 3.05) is 14.2 Å². The van der Waals surface area contributed by atoms with E-state index in [4.69, 9.17) is 25.8 Å². The first kappa shape index (κ1) is 27.0. The normalized spacial score (nSPS) is 14.3. The number of imide groups is 1. The maximum atomic E-state index is 14.2. The highest BCUT2D eigenvalue weighted by Crippen LogP contribution is 2.38. The lowest BCUT2D eigenvalue weighted by Gasteiger charge is -2.14. The molecule has 0 radical (unpaired) electrons. The molecule has 1 fully saturated rings. The highest BCUT2D eigenvalue weighted by Gasteiger charge is 2.36. The van der Waals surface area contributed by atoms with Crippen molar-refractivity contribution in [3.05, 3.63) is 90.6 Å². The minimum absolute atomic E-state index is 0.0620. The zero-order chi connectivity index (χ0) is 26.7. The standard InChI is InChI=1S/C26H18ClFINO6S/c1-34-16-8-6-15(7-9-16)25(32)36-23-20(29)10-14(11-21(23)35-2)12-22-24(31)30(26(33)37-22)13-17-18(27)4-3-5-19(17)28/h3-12H,13H2,1-2H3/b22-12-. The second kappa shape index (κ2) is 11.5. The molecular weight excluding hydrogens is 636 g/mol. The van der Waals surface area contributed by atoms with Crippen molar-refractivity contribution >= 4 is 69.1 Å². The topological polar surface area (TPSA) is 82.1 Å². The first-order valence-electron chi connectivity index (χ1n) is 10.6. The van der Waals surface area contributed by atoms with E-state index in [1.807, 2.05) is 22.6 Å². The predicted octanol–water partition coefficient (Wildman–Crippen LogP) is 6.56. The number of esters is 1. The lowest BCUT2D eigenvalue weighted by molar-refractivity contribution is -0.123. The number of nitrogens with zero attached hydrogens (tertiary/aromatic N) is 1. The molecule has 0 saturated carbocycles. The van der Waals surface area contributed by atoms with Crippen molar-refractivity contribution in [2.24, 2.45) is 0 Å². The molecule has 1 aliphatic heterocycles. The summed E-state index contributed by atoms with van der Waals surface area (Å²) in [5.41, 5.74) is 0.929. The van der Waals surface area contributed by atoms with E-state index in [-0.39, 0.29) is 33.5 Å². The fourth-order valence-electron chi connectivity index (χ4n) is 3.43. The van der Waals surface area contributed by atoms with Gasteiger partial charge in [-0.25, -0.2) is 9.18 Å². The van der Waals surface area contributed by atoms with Gasteiger partial charge in [0.25, 0.3) is 11.1 Å². The molecule has 0 spiro atoms. The zero-order valence-electron chi connectivity index (χ0n) is 19.4. The van der Waals surface area contributed by atoms with Gasteiger partial charge < -0.3 is 14.2 Å². The Bertz CT molecular complexity index is 1410. The van der Waals surface area contributed by atoms with Crippen LogP contribution in [0.2, 0.25) is 5.02 Å². The van der Waals surface area contributed by atoms with Gasteiger partial charge in [0.15, 0.2) is 11.5 Å². The lowest BCUT2D eigenvalue weighted by Crippen LogP contribution is -2.28. The molecule has 3 aromatic rings. The summed E-state index contributed by atoms with van der Waals surface area (Å²) in [6.45, 7) is -0.283. The fourth-order valence-corrected chi connectivity index (χ4v) is 5.23. The van der Waals surface area contributed by atoms with Crippen LogP contribution in [0.25, 0.3) is 6.08 Å². The maximum absolute atomic E-state index is 14.2. The highest BCUT2D eigenvalue weighted by atomic mass is 127. The highest BCUT2D eigenvalue weighted by molar-refractivity contribution is 14.1. The smallest absolute Gasteiger partial charge is 0.343 e. The zero-order valence-corrected chi connectivity index (χ0v) is 23.1.